The fourth-order valence-corrected chi connectivity index (χ4v) is 3.65. The molecule has 5 nitrogen and oxygen atoms in total. The van der Waals surface area contributed by atoms with Crippen LogP contribution in [0.15, 0.2) is 42.7 Å². The summed E-state index contributed by atoms with van der Waals surface area (Å²) in [6.45, 7) is 4.48. The summed E-state index contributed by atoms with van der Waals surface area (Å²) in [6.07, 6.45) is 2.94. The second kappa shape index (κ2) is 6.37. The average Bonchev–Trinajstić information content (AvgIpc) is 2.90. The molecule has 3 heterocycles. The molecule has 0 aliphatic carbocycles. The summed E-state index contributed by atoms with van der Waals surface area (Å²) >= 11 is 0. The van der Waals surface area contributed by atoms with Crippen molar-refractivity contribution in [2.45, 2.75) is 32.7 Å². The Labute approximate surface area is 150 Å². The molecule has 1 aliphatic rings. The smallest absolute Gasteiger partial charge is 0.226 e. The highest BCUT2D eigenvalue weighted by Gasteiger charge is 2.33. The van der Waals surface area contributed by atoms with Crippen molar-refractivity contribution in [3.8, 4) is 0 Å². The zero-order chi connectivity index (χ0) is 18.3. The van der Waals surface area contributed by atoms with Gasteiger partial charge in [0.1, 0.15) is 11.6 Å². The van der Waals surface area contributed by atoms with E-state index in [9.17, 15) is 9.18 Å². The molecule has 1 aliphatic heterocycles. The van der Waals surface area contributed by atoms with Crippen molar-refractivity contribution in [1.29, 1.82) is 0 Å². The molecule has 1 atom stereocenters. The van der Waals surface area contributed by atoms with Crippen molar-refractivity contribution in [3.63, 3.8) is 0 Å². The van der Waals surface area contributed by atoms with Crippen LogP contribution in [0.2, 0.25) is 0 Å². The lowest BCUT2D eigenvalue weighted by molar-refractivity contribution is -0.116. The first-order chi connectivity index (χ1) is 12.5. The number of nitrogens with one attached hydrogen (secondary N) is 1. The molecule has 132 valence electrons. The van der Waals surface area contributed by atoms with Crippen LogP contribution in [0.3, 0.4) is 0 Å². The highest BCUT2D eigenvalue weighted by atomic mass is 19.1. The molecule has 26 heavy (non-hydrogen) atoms. The molecular formula is C20H19FN4O. The normalized spacial score (nSPS) is 16.3. The van der Waals surface area contributed by atoms with Crippen molar-refractivity contribution in [3.05, 3.63) is 76.5 Å². The first-order valence-corrected chi connectivity index (χ1v) is 8.55. The van der Waals surface area contributed by atoms with Gasteiger partial charge in [-0.2, -0.15) is 5.10 Å². The molecule has 0 saturated carbocycles. The average molecular weight is 350 g/mol. The quantitative estimate of drug-likeness (QED) is 0.786. The van der Waals surface area contributed by atoms with Crippen LogP contribution < -0.4 is 5.32 Å². The molecule has 0 unspecified atom stereocenters. The Hall–Kier alpha value is -3.02. The van der Waals surface area contributed by atoms with Crippen molar-refractivity contribution in [2.75, 3.05) is 5.32 Å². The maximum atomic E-state index is 14.3. The summed E-state index contributed by atoms with van der Waals surface area (Å²) in [5, 5.41) is 7.55. The summed E-state index contributed by atoms with van der Waals surface area (Å²) in [4.78, 5) is 16.1. The number of carbonyl (C=O) groups is 1. The van der Waals surface area contributed by atoms with E-state index in [1.54, 1.807) is 16.9 Å². The van der Waals surface area contributed by atoms with Gasteiger partial charge in [0.05, 0.1) is 18.4 Å². The second-order valence-electron chi connectivity index (χ2n) is 6.70. The van der Waals surface area contributed by atoms with Crippen molar-refractivity contribution in [1.82, 2.24) is 14.8 Å². The number of hydrogen-bond donors (Lipinski definition) is 1. The Kier molecular flexibility index (Phi) is 4.03. The highest BCUT2D eigenvalue weighted by Crippen LogP contribution is 2.40. The molecule has 0 bridgehead atoms. The fraction of sp³-hybridized carbons (Fsp3) is 0.250. The number of amides is 1. The summed E-state index contributed by atoms with van der Waals surface area (Å²) in [5.41, 5.74) is 4.42. The van der Waals surface area contributed by atoms with Crippen molar-refractivity contribution < 1.29 is 9.18 Å². The van der Waals surface area contributed by atoms with Crippen LogP contribution in [0.4, 0.5) is 10.2 Å². The van der Waals surface area contributed by atoms with Crippen molar-refractivity contribution >= 4 is 11.7 Å². The van der Waals surface area contributed by atoms with Crippen LogP contribution in [-0.4, -0.2) is 20.7 Å². The van der Waals surface area contributed by atoms with Gasteiger partial charge in [-0.3, -0.25) is 9.78 Å². The molecule has 1 amide bonds. The number of rotatable bonds is 3. The molecule has 0 fully saturated rings. The van der Waals surface area contributed by atoms with Gasteiger partial charge in [0, 0.05) is 24.1 Å². The SMILES string of the molecule is Cc1cccc(Cn2nc(C)c3c2NC(=O)C[C@H]3c2ccncc2F)c1. The van der Waals surface area contributed by atoms with E-state index in [2.05, 4.69) is 21.5 Å². The third kappa shape index (κ3) is 2.87. The first kappa shape index (κ1) is 16.4. The third-order valence-corrected chi connectivity index (χ3v) is 4.76. The third-order valence-electron chi connectivity index (χ3n) is 4.76. The van der Waals surface area contributed by atoms with Gasteiger partial charge in [-0.25, -0.2) is 9.07 Å². The lowest BCUT2D eigenvalue weighted by Gasteiger charge is -2.24. The van der Waals surface area contributed by atoms with Crippen LogP contribution in [-0.2, 0) is 11.3 Å². The Morgan fingerprint density at radius 1 is 1.31 bits per heavy atom. The van der Waals surface area contributed by atoms with E-state index in [1.807, 2.05) is 32.0 Å². The number of carbonyl (C=O) groups excluding carboxylic acids is 1. The molecule has 3 aromatic rings. The Morgan fingerprint density at radius 2 is 2.15 bits per heavy atom. The topological polar surface area (TPSA) is 59.8 Å². The lowest BCUT2D eigenvalue weighted by atomic mass is 9.86. The van der Waals surface area contributed by atoms with E-state index in [-0.39, 0.29) is 18.2 Å². The van der Waals surface area contributed by atoms with Gasteiger partial charge in [-0.15, -0.1) is 0 Å². The predicted molar refractivity (Wildman–Crippen MR) is 96.5 cm³/mol. The van der Waals surface area contributed by atoms with E-state index in [0.29, 0.717) is 17.9 Å². The van der Waals surface area contributed by atoms with Gasteiger partial charge >= 0.3 is 0 Å². The number of pyridine rings is 1. The molecule has 0 saturated heterocycles. The summed E-state index contributed by atoms with van der Waals surface area (Å²) < 4.78 is 16.1. The number of fused-ring (bicyclic) bond motifs is 1. The van der Waals surface area contributed by atoms with Crippen molar-refractivity contribution in [2.24, 2.45) is 0 Å². The van der Waals surface area contributed by atoms with E-state index in [4.69, 9.17) is 0 Å². The minimum Gasteiger partial charge on any atom is -0.311 e. The predicted octanol–water partition coefficient (Wildman–Crippen LogP) is 3.56. The van der Waals surface area contributed by atoms with Gasteiger partial charge in [0.25, 0.3) is 0 Å². The Balaban J connectivity index is 1.79. The maximum Gasteiger partial charge on any atom is 0.226 e. The van der Waals surface area contributed by atoms with Gasteiger partial charge in [-0.05, 0) is 31.0 Å². The minimum absolute atomic E-state index is 0.135. The lowest BCUT2D eigenvalue weighted by Crippen LogP contribution is -2.25. The number of hydrogen-bond acceptors (Lipinski definition) is 3. The zero-order valence-corrected chi connectivity index (χ0v) is 14.7. The number of halogens is 1. The highest BCUT2D eigenvalue weighted by molar-refractivity contribution is 5.94. The first-order valence-electron chi connectivity index (χ1n) is 8.55. The Bertz CT molecular complexity index is 995. The molecule has 6 heteroatoms. The number of aromatic nitrogens is 3. The van der Waals surface area contributed by atoms with E-state index >= 15 is 0 Å². The van der Waals surface area contributed by atoms with Crippen LogP contribution in [0, 0.1) is 19.7 Å². The molecule has 1 aromatic carbocycles. The Morgan fingerprint density at radius 3 is 2.92 bits per heavy atom. The molecular weight excluding hydrogens is 331 g/mol. The molecule has 0 spiro atoms. The molecule has 2 aromatic heterocycles. The second-order valence-corrected chi connectivity index (χ2v) is 6.70. The van der Waals surface area contributed by atoms with E-state index < -0.39 is 5.82 Å². The van der Waals surface area contributed by atoms with E-state index in [0.717, 1.165) is 16.8 Å². The monoisotopic (exact) mass is 350 g/mol. The summed E-state index contributed by atoms with van der Waals surface area (Å²) in [5.74, 6) is -0.234. The maximum absolute atomic E-state index is 14.3. The van der Waals surface area contributed by atoms with Gasteiger partial charge in [0.15, 0.2) is 0 Å². The van der Waals surface area contributed by atoms with Crippen LogP contribution in [0.25, 0.3) is 0 Å². The van der Waals surface area contributed by atoms with Crippen LogP contribution in [0.1, 0.15) is 40.3 Å². The molecule has 0 radical (unpaired) electrons. The summed E-state index contributed by atoms with van der Waals surface area (Å²) in [6, 6.07) is 9.80. The standard InChI is InChI=1S/C20H19FN4O/c1-12-4-3-5-14(8-12)11-25-20-19(13(2)24-25)16(9-18(26)23-20)15-6-7-22-10-17(15)21/h3-8,10,16H,9,11H2,1-2H3,(H,23,26)/t16-/m0/s1. The fourth-order valence-electron chi connectivity index (χ4n) is 3.65. The van der Waals surface area contributed by atoms with Gasteiger partial charge in [0.2, 0.25) is 5.91 Å². The van der Waals surface area contributed by atoms with Crippen LogP contribution in [0.5, 0.6) is 0 Å². The number of benzene rings is 1. The summed E-state index contributed by atoms with van der Waals surface area (Å²) in [7, 11) is 0. The minimum atomic E-state index is -0.399. The van der Waals surface area contributed by atoms with Gasteiger partial charge < -0.3 is 5.32 Å². The molecule has 4 rings (SSSR count). The van der Waals surface area contributed by atoms with E-state index in [1.165, 1.54) is 11.8 Å². The van der Waals surface area contributed by atoms with Crippen LogP contribution >= 0.6 is 0 Å². The molecule has 1 N–H and O–H groups in total. The number of anilines is 1. The largest absolute Gasteiger partial charge is 0.311 e. The zero-order valence-electron chi connectivity index (χ0n) is 14.7. The number of aryl methyl sites for hydroxylation is 2. The number of nitrogens with zero attached hydrogens (tertiary/aromatic N) is 3. The van der Waals surface area contributed by atoms with Gasteiger partial charge in [-0.1, -0.05) is 29.8 Å².